The third kappa shape index (κ3) is 4.08. The number of amides is 2. The zero-order chi connectivity index (χ0) is 13.7. The Kier molecular flexibility index (Phi) is 5.05. The van der Waals surface area contributed by atoms with Crippen LogP contribution in [-0.2, 0) is 0 Å². The van der Waals surface area contributed by atoms with Crippen LogP contribution in [0.15, 0.2) is 0 Å². The number of carbonyl (C=O) groups excluding carboxylic acids is 1. The van der Waals surface area contributed by atoms with Crippen molar-refractivity contribution in [1.82, 2.24) is 15.5 Å². The van der Waals surface area contributed by atoms with Gasteiger partial charge >= 0.3 is 6.03 Å². The van der Waals surface area contributed by atoms with E-state index < -0.39 is 0 Å². The molecule has 0 atom stereocenters. The lowest BCUT2D eigenvalue weighted by molar-refractivity contribution is 0.159. The van der Waals surface area contributed by atoms with Crippen LogP contribution in [-0.4, -0.2) is 49.2 Å². The zero-order valence-electron chi connectivity index (χ0n) is 12.1. The van der Waals surface area contributed by atoms with Crippen LogP contribution in [0.4, 0.5) is 4.79 Å². The normalized spacial score (nSPS) is 24.9. The summed E-state index contributed by atoms with van der Waals surface area (Å²) in [6.07, 6.45) is 7.89. The van der Waals surface area contributed by atoms with E-state index >= 15 is 0 Å². The van der Waals surface area contributed by atoms with Gasteiger partial charge in [-0.1, -0.05) is 19.3 Å². The van der Waals surface area contributed by atoms with Crippen molar-refractivity contribution < 1.29 is 4.79 Å². The first kappa shape index (κ1) is 14.6. The molecule has 4 N–H and O–H groups in total. The maximum Gasteiger partial charge on any atom is 0.315 e. The van der Waals surface area contributed by atoms with Crippen LogP contribution in [0.3, 0.4) is 0 Å². The Labute approximate surface area is 116 Å². The third-order valence-corrected chi connectivity index (χ3v) is 4.65. The SMILES string of the molecule is CN1CCC(CN)(NC(=O)NC2CCCCC2)CC1. The maximum absolute atomic E-state index is 12.1. The molecule has 2 aliphatic rings. The largest absolute Gasteiger partial charge is 0.335 e. The quantitative estimate of drug-likeness (QED) is 0.716. The highest BCUT2D eigenvalue weighted by Gasteiger charge is 2.34. The summed E-state index contributed by atoms with van der Waals surface area (Å²) >= 11 is 0. The Hall–Kier alpha value is -0.810. The molecule has 0 aromatic carbocycles. The van der Waals surface area contributed by atoms with E-state index in [1.807, 2.05) is 0 Å². The molecule has 5 nitrogen and oxygen atoms in total. The van der Waals surface area contributed by atoms with Gasteiger partial charge in [0.1, 0.15) is 0 Å². The van der Waals surface area contributed by atoms with Crippen molar-refractivity contribution in [3.8, 4) is 0 Å². The fourth-order valence-electron chi connectivity index (χ4n) is 3.14. The minimum atomic E-state index is -0.203. The summed E-state index contributed by atoms with van der Waals surface area (Å²) in [7, 11) is 2.11. The number of nitrogens with one attached hydrogen (secondary N) is 2. The Bertz CT molecular complexity index is 294. The molecular weight excluding hydrogens is 240 g/mol. The molecule has 0 unspecified atom stereocenters. The highest BCUT2D eigenvalue weighted by molar-refractivity contribution is 5.75. The third-order valence-electron chi connectivity index (χ3n) is 4.65. The van der Waals surface area contributed by atoms with Gasteiger partial charge in [-0.05, 0) is 32.7 Å². The number of rotatable bonds is 3. The van der Waals surface area contributed by atoms with E-state index in [1.54, 1.807) is 0 Å². The Morgan fingerprint density at radius 3 is 2.47 bits per heavy atom. The standard InChI is InChI=1S/C14H28N4O/c1-18-9-7-14(11-15,8-10-18)17-13(19)16-12-5-3-2-4-6-12/h12H,2-11,15H2,1H3,(H2,16,17,19). The highest BCUT2D eigenvalue weighted by Crippen LogP contribution is 2.21. The molecule has 0 bridgehead atoms. The first-order valence-electron chi connectivity index (χ1n) is 7.61. The molecule has 0 aromatic rings. The topological polar surface area (TPSA) is 70.4 Å². The van der Waals surface area contributed by atoms with Crippen LogP contribution in [0.5, 0.6) is 0 Å². The first-order chi connectivity index (χ1) is 9.13. The Morgan fingerprint density at radius 2 is 1.89 bits per heavy atom. The van der Waals surface area contributed by atoms with Gasteiger partial charge in [-0.25, -0.2) is 4.79 Å². The Morgan fingerprint density at radius 1 is 1.26 bits per heavy atom. The second kappa shape index (κ2) is 6.57. The van der Waals surface area contributed by atoms with Gasteiger partial charge in [0.25, 0.3) is 0 Å². The van der Waals surface area contributed by atoms with Gasteiger partial charge in [-0.2, -0.15) is 0 Å². The number of carbonyl (C=O) groups is 1. The smallest absolute Gasteiger partial charge is 0.315 e. The van der Waals surface area contributed by atoms with E-state index in [0.29, 0.717) is 12.6 Å². The van der Waals surface area contributed by atoms with E-state index in [4.69, 9.17) is 5.73 Å². The predicted molar refractivity (Wildman–Crippen MR) is 77.1 cm³/mol. The van der Waals surface area contributed by atoms with Crippen LogP contribution in [0.25, 0.3) is 0 Å². The van der Waals surface area contributed by atoms with Crippen molar-refractivity contribution in [3.63, 3.8) is 0 Å². The summed E-state index contributed by atoms with van der Waals surface area (Å²) in [4.78, 5) is 14.4. The minimum absolute atomic E-state index is 0.0260. The fourth-order valence-corrected chi connectivity index (χ4v) is 3.14. The van der Waals surface area contributed by atoms with Gasteiger partial charge in [-0.15, -0.1) is 0 Å². The zero-order valence-corrected chi connectivity index (χ0v) is 12.1. The van der Waals surface area contributed by atoms with Crippen molar-refractivity contribution in [2.45, 2.75) is 56.5 Å². The lowest BCUT2D eigenvalue weighted by Crippen LogP contribution is -2.61. The van der Waals surface area contributed by atoms with Crippen LogP contribution in [0.1, 0.15) is 44.9 Å². The molecule has 1 aliphatic heterocycles. The molecule has 1 heterocycles. The van der Waals surface area contributed by atoms with Crippen molar-refractivity contribution in [3.05, 3.63) is 0 Å². The summed E-state index contributed by atoms with van der Waals surface area (Å²) < 4.78 is 0. The molecule has 1 aliphatic carbocycles. The van der Waals surface area contributed by atoms with Crippen LogP contribution in [0, 0.1) is 0 Å². The minimum Gasteiger partial charge on any atom is -0.335 e. The molecule has 110 valence electrons. The molecule has 5 heteroatoms. The number of nitrogens with zero attached hydrogens (tertiary/aromatic N) is 1. The summed E-state index contributed by atoms with van der Waals surface area (Å²) in [5.74, 6) is 0. The van der Waals surface area contributed by atoms with E-state index in [0.717, 1.165) is 38.8 Å². The van der Waals surface area contributed by atoms with Gasteiger partial charge < -0.3 is 21.3 Å². The molecular formula is C14H28N4O. The van der Waals surface area contributed by atoms with E-state index in [9.17, 15) is 4.79 Å². The van der Waals surface area contributed by atoms with E-state index in [2.05, 4.69) is 22.6 Å². The van der Waals surface area contributed by atoms with Crippen molar-refractivity contribution in [2.75, 3.05) is 26.7 Å². The average molecular weight is 268 g/mol. The molecule has 2 amide bonds. The van der Waals surface area contributed by atoms with Gasteiger partial charge in [0.05, 0.1) is 5.54 Å². The molecule has 1 saturated carbocycles. The number of hydrogen-bond acceptors (Lipinski definition) is 3. The van der Waals surface area contributed by atoms with E-state index in [-0.39, 0.29) is 11.6 Å². The van der Waals surface area contributed by atoms with Crippen molar-refractivity contribution in [1.29, 1.82) is 0 Å². The molecule has 0 radical (unpaired) electrons. The number of nitrogens with two attached hydrogens (primary N) is 1. The van der Waals surface area contributed by atoms with Crippen molar-refractivity contribution >= 4 is 6.03 Å². The lowest BCUT2D eigenvalue weighted by atomic mass is 9.88. The molecule has 0 aromatic heterocycles. The molecule has 1 saturated heterocycles. The predicted octanol–water partition coefficient (Wildman–Crippen LogP) is 1.04. The average Bonchev–Trinajstić information content (AvgIpc) is 2.43. The lowest BCUT2D eigenvalue weighted by Gasteiger charge is -2.40. The summed E-state index contributed by atoms with van der Waals surface area (Å²) in [6, 6.07) is 0.330. The molecule has 19 heavy (non-hydrogen) atoms. The second-order valence-corrected chi connectivity index (χ2v) is 6.22. The van der Waals surface area contributed by atoms with Gasteiger partial charge in [0.2, 0.25) is 0 Å². The van der Waals surface area contributed by atoms with E-state index in [1.165, 1.54) is 19.3 Å². The first-order valence-corrected chi connectivity index (χ1v) is 7.61. The second-order valence-electron chi connectivity index (χ2n) is 6.22. The summed E-state index contributed by atoms with van der Waals surface area (Å²) in [6.45, 7) is 2.53. The number of hydrogen-bond donors (Lipinski definition) is 3. The monoisotopic (exact) mass is 268 g/mol. The van der Waals surface area contributed by atoms with Crippen LogP contribution in [0.2, 0.25) is 0 Å². The summed E-state index contributed by atoms with van der Waals surface area (Å²) in [5, 5.41) is 6.27. The van der Waals surface area contributed by atoms with Gasteiger partial charge in [0.15, 0.2) is 0 Å². The van der Waals surface area contributed by atoms with Crippen molar-refractivity contribution in [2.24, 2.45) is 5.73 Å². The van der Waals surface area contributed by atoms with Gasteiger partial charge in [0, 0.05) is 25.7 Å². The van der Waals surface area contributed by atoms with Crippen LogP contribution >= 0.6 is 0 Å². The number of piperidine rings is 1. The summed E-state index contributed by atoms with van der Waals surface area (Å²) in [5.41, 5.74) is 5.70. The highest BCUT2D eigenvalue weighted by atomic mass is 16.2. The fraction of sp³-hybridized carbons (Fsp3) is 0.929. The molecule has 2 fully saturated rings. The maximum atomic E-state index is 12.1. The molecule has 0 spiro atoms. The number of urea groups is 1. The molecule has 2 rings (SSSR count). The van der Waals surface area contributed by atoms with Gasteiger partial charge in [-0.3, -0.25) is 0 Å². The van der Waals surface area contributed by atoms with Crippen LogP contribution < -0.4 is 16.4 Å². The number of likely N-dealkylation sites (tertiary alicyclic amines) is 1. The Balaban J connectivity index is 1.82.